The molecule has 2 unspecified atom stereocenters. The lowest BCUT2D eigenvalue weighted by molar-refractivity contribution is -0.155. The highest BCUT2D eigenvalue weighted by molar-refractivity contribution is 8.26. The van der Waals surface area contributed by atoms with Gasteiger partial charge < -0.3 is 5.11 Å². The van der Waals surface area contributed by atoms with Gasteiger partial charge in [0.25, 0.3) is 11.8 Å². The fourth-order valence-corrected chi connectivity index (χ4v) is 4.73. The Bertz CT molecular complexity index is 913. The van der Waals surface area contributed by atoms with Crippen molar-refractivity contribution in [3.8, 4) is 0 Å². The van der Waals surface area contributed by atoms with E-state index in [1.54, 1.807) is 6.08 Å². The third-order valence-electron chi connectivity index (χ3n) is 4.68. The highest BCUT2D eigenvalue weighted by Gasteiger charge is 2.51. The molecule has 2 aliphatic heterocycles. The minimum atomic E-state index is -1.25. The van der Waals surface area contributed by atoms with Crippen LogP contribution >= 0.6 is 24.0 Å². The van der Waals surface area contributed by atoms with E-state index in [0.29, 0.717) is 4.91 Å². The van der Waals surface area contributed by atoms with E-state index in [2.05, 4.69) is 0 Å². The number of nitrogens with zero attached hydrogens (tertiary/aromatic N) is 2. The summed E-state index contributed by atoms with van der Waals surface area (Å²) in [6, 6.07) is 6.85. The number of benzene rings is 1. The van der Waals surface area contributed by atoms with Gasteiger partial charge in [-0.05, 0) is 24.0 Å². The van der Waals surface area contributed by atoms with Gasteiger partial charge in [0.1, 0.15) is 16.4 Å². The Kier molecular flexibility index (Phi) is 6.18. The number of rotatable bonds is 6. The SMILES string of the molecule is CC(C)CC(C(=O)O)N1C(=O)CC(N2C(=O)/C(=C/c3ccccc3)SC2=S)C1=O. The van der Waals surface area contributed by atoms with Crippen molar-refractivity contribution in [2.75, 3.05) is 0 Å². The Hall–Kier alpha value is -2.52. The van der Waals surface area contributed by atoms with Crippen LogP contribution in [0.1, 0.15) is 32.3 Å². The van der Waals surface area contributed by atoms with Gasteiger partial charge in [-0.2, -0.15) is 0 Å². The second kappa shape index (κ2) is 8.46. The van der Waals surface area contributed by atoms with Crippen molar-refractivity contribution in [2.45, 2.75) is 38.8 Å². The second-order valence-corrected chi connectivity index (χ2v) is 8.94. The highest BCUT2D eigenvalue weighted by Crippen LogP contribution is 2.37. The van der Waals surface area contributed by atoms with Gasteiger partial charge in [0, 0.05) is 0 Å². The third-order valence-corrected chi connectivity index (χ3v) is 6.01. The average molecular weight is 433 g/mol. The molecular formula is C20H20N2O5S2. The molecule has 0 spiro atoms. The molecule has 1 aromatic carbocycles. The van der Waals surface area contributed by atoms with Gasteiger partial charge in [-0.25, -0.2) is 4.79 Å². The molecule has 2 heterocycles. The molecule has 0 aromatic heterocycles. The number of hydrogen-bond donors (Lipinski definition) is 1. The van der Waals surface area contributed by atoms with Gasteiger partial charge in [0.2, 0.25) is 5.91 Å². The lowest BCUT2D eigenvalue weighted by Gasteiger charge is -2.26. The van der Waals surface area contributed by atoms with Crippen LogP contribution in [0.4, 0.5) is 0 Å². The van der Waals surface area contributed by atoms with Gasteiger partial charge in [0.15, 0.2) is 0 Å². The van der Waals surface area contributed by atoms with E-state index >= 15 is 0 Å². The first-order valence-electron chi connectivity index (χ1n) is 9.11. The molecule has 2 aliphatic rings. The third kappa shape index (κ3) is 4.25. The van der Waals surface area contributed by atoms with Crippen molar-refractivity contribution in [3.63, 3.8) is 0 Å². The maximum atomic E-state index is 12.9. The second-order valence-electron chi connectivity index (χ2n) is 7.27. The number of carboxylic acids is 1. The maximum Gasteiger partial charge on any atom is 0.326 e. The minimum absolute atomic E-state index is 0.0267. The summed E-state index contributed by atoms with van der Waals surface area (Å²) >= 11 is 6.36. The summed E-state index contributed by atoms with van der Waals surface area (Å²) in [5, 5.41) is 9.51. The van der Waals surface area contributed by atoms with Crippen LogP contribution in [0.25, 0.3) is 6.08 Å². The molecule has 9 heteroatoms. The summed E-state index contributed by atoms with van der Waals surface area (Å²) in [6.45, 7) is 3.63. The molecule has 2 atom stereocenters. The predicted octanol–water partition coefficient (Wildman–Crippen LogP) is 2.51. The Labute approximate surface area is 177 Å². The quantitative estimate of drug-likeness (QED) is 0.419. The van der Waals surface area contributed by atoms with E-state index < -0.39 is 35.8 Å². The van der Waals surface area contributed by atoms with Gasteiger partial charge >= 0.3 is 5.97 Å². The van der Waals surface area contributed by atoms with Gasteiger partial charge in [-0.3, -0.25) is 24.2 Å². The fraction of sp³-hybridized carbons (Fsp3) is 0.350. The van der Waals surface area contributed by atoms with Crippen molar-refractivity contribution in [2.24, 2.45) is 5.92 Å². The van der Waals surface area contributed by atoms with Crippen LogP contribution in [0.2, 0.25) is 0 Å². The zero-order valence-corrected chi connectivity index (χ0v) is 17.5. The number of likely N-dealkylation sites (tertiary alicyclic amines) is 1. The monoisotopic (exact) mass is 432 g/mol. The first-order chi connectivity index (χ1) is 13.7. The maximum absolute atomic E-state index is 12.9. The molecule has 1 aromatic rings. The van der Waals surface area contributed by atoms with Gasteiger partial charge in [0.05, 0.1) is 11.3 Å². The molecule has 0 radical (unpaired) electrons. The Morgan fingerprint density at radius 3 is 2.52 bits per heavy atom. The van der Waals surface area contributed by atoms with Crippen LogP contribution in [0.3, 0.4) is 0 Å². The van der Waals surface area contributed by atoms with E-state index in [9.17, 15) is 24.3 Å². The Morgan fingerprint density at radius 2 is 1.93 bits per heavy atom. The molecule has 0 saturated carbocycles. The molecule has 0 bridgehead atoms. The normalized spacial score (nSPS) is 22.3. The van der Waals surface area contributed by atoms with E-state index in [4.69, 9.17) is 12.2 Å². The molecule has 2 saturated heterocycles. The largest absolute Gasteiger partial charge is 0.480 e. The number of imide groups is 1. The smallest absolute Gasteiger partial charge is 0.326 e. The number of amides is 3. The number of hydrogen-bond acceptors (Lipinski definition) is 6. The molecule has 3 amide bonds. The highest BCUT2D eigenvalue weighted by atomic mass is 32.2. The summed E-state index contributed by atoms with van der Waals surface area (Å²) in [5.74, 6) is -3.02. The van der Waals surface area contributed by atoms with Crippen LogP contribution in [0, 0.1) is 5.92 Å². The number of aliphatic carboxylic acids is 1. The van der Waals surface area contributed by atoms with Crippen molar-refractivity contribution in [1.29, 1.82) is 0 Å². The zero-order chi connectivity index (χ0) is 21.3. The Balaban J connectivity index is 1.85. The average Bonchev–Trinajstić information content (AvgIpc) is 3.08. The summed E-state index contributed by atoms with van der Waals surface area (Å²) in [7, 11) is 0. The van der Waals surface area contributed by atoms with Crippen molar-refractivity contribution < 1.29 is 24.3 Å². The first-order valence-corrected chi connectivity index (χ1v) is 10.3. The lowest BCUT2D eigenvalue weighted by atomic mass is 10.0. The number of carbonyl (C=O) groups is 4. The van der Waals surface area contributed by atoms with Crippen molar-refractivity contribution >= 4 is 58.1 Å². The number of thioether (sulfide) groups is 1. The molecule has 29 heavy (non-hydrogen) atoms. The number of carboxylic acid groups (broad SMARTS) is 1. The Morgan fingerprint density at radius 1 is 1.28 bits per heavy atom. The van der Waals surface area contributed by atoms with E-state index in [0.717, 1.165) is 27.1 Å². The fourth-order valence-electron chi connectivity index (χ4n) is 3.38. The summed E-state index contributed by atoms with van der Waals surface area (Å²) in [6.07, 6.45) is 1.55. The minimum Gasteiger partial charge on any atom is -0.480 e. The summed E-state index contributed by atoms with van der Waals surface area (Å²) in [4.78, 5) is 52.3. The number of thiocarbonyl (C=S) groups is 1. The van der Waals surface area contributed by atoms with Crippen molar-refractivity contribution in [1.82, 2.24) is 9.80 Å². The summed E-state index contributed by atoms with van der Waals surface area (Å²) < 4.78 is 0.181. The van der Waals surface area contributed by atoms with Crippen LogP contribution in [0.15, 0.2) is 35.2 Å². The molecule has 2 fully saturated rings. The lowest BCUT2D eigenvalue weighted by Crippen LogP contribution is -2.49. The predicted molar refractivity (Wildman–Crippen MR) is 113 cm³/mol. The molecule has 0 aliphatic carbocycles. The van der Waals surface area contributed by atoms with Crippen LogP contribution in [-0.4, -0.2) is 55.0 Å². The molecule has 152 valence electrons. The van der Waals surface area contributed by atoms with Gasteiger partial charge in [-0.1, -0.05) is 68.2 Å². The van der Waals surface area contributed by atoms with E-state index in [-0.39, 0.29) is 23.1 Å². The zero-order valence-electron chi connectivity index (χ0n) is 15.9. The van der Waals surface area contributed by atoms with Crippen LogP contribution in [0.5, 0.6) is 0 Å². The number of carbonyl (C=O) groups excluding carboxylic acids is 3. The standard InChI is InChI=1S/C20H20N2O5S2/c1-11(2)8-14(19(26)27)21-16(23)10-13(17(21)24)22-18(25)15(29-20(22)28)9-12-6-4-3-5-7-12/h3-7,9,11,13-14H,8,10H2,1-2H3,(H,26,27)/b15-9-. The molecular weight excluding hydrogens is 412 g/mol. The van der Waals surface area contributed by atoms with E-state index in [1.807, 2.05) is 44.2 Å². The topological polar surface area (TPSA) is 95.0 Å². The van der Waals surface area contributed by atoms with Crippen LogP contribution in [-0.2, 0) is 19.2 Å². The first kappa shape index (κ1) is 21.2. The van der Waals surface area contributed by atoms with Crippen LogP contribution < -0.4 is 0 Å². The molecule has 1 N–H and O–H groups in total. The molecule has 3 rings (SSSR count). The molecule has 7 nitrogen and oxygen atoms in total. The van der Waals surface area contributed by atoms with Crippen molar-refractivity contribution in [3.05, 3.63) is 40.8 Å². The summed E-state index contributed by atoms with van der Waals surface area (Å²) in [5.41, 5.74) is 0.811. The van der Waals surface area contributed by atoms with Gasteiger partial charge in [-0.15, -0.1) is 0 Å². The van der Waals surface area contributed by atoms with E-state index in [1.165, 1.54) is 0 Å².